The van der Waals surface area contributed by atoms with E-state index in [0.29, 0.717) is 17.2 Å². The van der Waals surface area contributed by atoms with Crippen LogP contribution in [0.3, 0.4) is 0 Å². The van der Waals surface area contributed by atoms with Crippen molar-refractivity contribution in [2.75, 3.05) is 13.1 Å². The van der Waals surface area contributed by atoms with E-state index in [2.05, 4.69) is 20.6 Å². The van der Waals surface area contributed by atoms with Gasteiger partial charge in [0, 0.05) is 43.2 Å². The van der Waals surface area contributed by atoms with Gasteiger partial charge in [0.05, 0.1) is 12.0 Å². The first-order valence-electron chi connectivity index (χ1n) is 9.45. The Kier molecular flexibility index (Phi) is 5.16. The van der Waals surface area contributed by atoms with Crippen molar-refractivity contribution in [1.29, 1.82) is 5.26 Å². The van der Waals surface area contributed by atoms with Crippen LogP contribution in [0.25, 0.3) is 11.3 Å². The fourth-order valence-electron chi connectivity index (χ4n) is 3.72. The van der Waals surface area contributed by atoms with Crippen LogP contribution >= 0.6 is 0 Å². The largest absolute Gasteiger partial charge is 0.338 e. The third kappa shape index (κ3) is 3.94. The first-order valence-corrected chi connectivity index (χ1v) is 9.45. The zero-order valence-corrected chi connectivity index (χ0v) is 15.5. The quantitative estimate of drug-likeness (QED) is 0.705. The highest BCUT2D eigenvalue weighted by Crippen LogP contribution is 2.22. The third-order valence-electron chi connectivity index (χ3n) is 5.13. The number of nitrogens with zero attached hydrogens (tertiary/aromatic N) is 5. The maximum absolute atomic E-state index is 12.9. The Hall–Kier alpha value is -3.46. The van der Waals surface area contributed by atoms with E-state index < -0.39 is 0 Å². The second-order valence-electron chi connectivity index (χ2n) is 7.12. The summed E-state index contributed by atoms with van der Waals surface area (Å²) in [7, 11) is 0. The van der Waals surface area contributed by atoms with Crippen molar-refractivity contribution in [2.24, 2.45) is 5.92 Å². The van der Waals surface area contributed by atoms with Gasteiger partial charge >= 0.3 is 0 Å². The van der Waals surface area contributed by atoms with E-state index in [0.717, 1.165) is 43.7 Å². The fraction of sp³-hybridized carbons (Fsp3) is 0.273. The Labute approximate surface area is 164 Å². The van der Waals surface area contributed by atoms with Crippen molar-refractivity contribution in [1.82, 2.24) is 19.4 Å². The number of pyridine rings is 1. The molecule has 28 heavy (non-hydrogen) atoms. The standard InChI is InChI=1S/C22H21N5O/c23-13-20-4-1-5-21(25-20)18-6-8-19(9-7-18)22(28)27-11-2-3-17(15-27)14-26-12-10-24-16-26/h1,4-10,12,16-17H,2-3,11,14-15H2/t17-/m1/s1. The predicted molar refractivity (Wildman–Crippen MR) is 105 cm³/mol. The number of likely N-dealkylation sites (tertiary alicyclic amines) is 1. The van der Waals surface area contributed by atoms with Gasteiger partial charge in [0.1, 0.15) is 11.8 Å². The van der Waals surface area contributed by atoms with E-state index in [1.165, 1.54) is 0 Å². The molecule has 3 aromatic rings. The Morgan fingerprint density at radius 3 is 2.82 bits per heavy atom. The van der Waals surface area contributed by atoms with E-state index in [1.54, 1.807) is 12.3 Å². The molecule has 6 heteroatoms. The number of imidazole rings is 1. The van der Waals surface area contributed by atoms with Crippen LogP contribution in [0.5, 0.6) is 0 Å². The van der Waals surface area contributed by atoms with Crippen LogP contribution in [0, 0.1) is 17.2 Å². The van der Waals surface area contributed by atoms with Gasteiger partial charge in [0.2, 0.25) is 0 Å². The Balaban J connectivity index is 1.45. The molecule has 3 heterocycles. The lowest BCUT2D eigenvalue weighted by molar-refractivity contribution is 0.0662. The smallest absolute Gasteiger partial charge is 0.253 e. The molecule has 1 saturated heterocycles. The lowest BCUT2D eigenvalue weighted by Crippen LogP contribution is -2.41. The highest BCUT2D eigenvalue weighted by molar-refractivity contribution is 5.94. The molecule has 0 bridgehead atoms. The molecule has 1 fully saturated rings. The summed E-state index contributed by atoms with van der Waals surface area (Å²) >= 11 is 0. The molecule has 1 aromatic carbocycles. The van der Waals surface area contributed by atoms with Crippen molar-refractivity contribution in [3.8, 4) is 17.3 Å². The van der Waals surface area contributed by atoms with Crippen LogP contribution in [0.15, 0.2) is 61.2 Å². The summed E-state index contributed by atoms with van der Waals surface area (Å²) < 4.78 is 2.08. The number of aromatic nitrogens is 3. The highest BCUT2D eigenvalue weighted by Gasteiger charge is 2.24. The summed E-state index contributed by atoms with van der Waals surface area (Å²) in [6, 6.07) is 14.9. The van der Waals surface area contributed by atoms with Crippen molar-refractivity contribution >= 4 is 5.91 Å². The Morgan fingerprint density at radius 1 is 1.21 bits per heavy atom. The molecule has 6 nitrogen and oxygen atoms in total. The summed E-state index contributed by atoms with van der Waals surface area (Å²) in [5.41, 5.74) is 2.69. The van der Waals surface area contributed by atoms with Gasteiger partial charge in [0.15, 0.2) is 0 Å². The first-order chi connectivity index (χ1) is 13.7. The average molecular weight is 371 g/mol. The molecule has 1 atom stereocenters. The zero-order valence-electron chi connectivity index (χ0n) is 15.5. The first kappa shape index (κ1) is 17.9. The maximum Gasteiger partial charge on any atom is 0.253 e. The topological polar surface area (TPSA) is 74.8 Å². The number of carbonyl (C=O) groups excluding carboxylic acids is 1. The predicted octanol–water partition coefficient (Wildman–Crippen LogP) is 3.37. The van der Waals surface area contributed by atoms with Gasteiger partial charge in [-0.1, -0.05) is 18.2 Å². The molecule has 0 spiro atoms. The van der Waals surface area contributed by atoms with Crippen LogP contribution in [-0.2, 0) is 6.54 Å². The van der Waals surface area contributed by atoms with Gasteiger partial charge in [0.25, 0.3) is 5.91 Å². The van der Waals surface area contributed by atoms with Crippen LogP contribution in [0.4, 0.5) is 0 Å². The molecule has 0 radical (unpaired) electrons. The summed E-state index contributed by atoms with van der Waals surface area (Å²) in [5, 5.41) is 9.00. The molecule has 1 amide bonds. The molecule has 1 aliphatic rings. The number of rotatable bonds is 4. The maximum atomic E-state index is 12.9. The minimum Gasteiger partial charge on any atom is -0.338 e. The summed E-state index contributed by atoms with van der Waals surface area (Å²) in [6.07, 6.45) is 7.73. The second kappa shape index (κ2) is 8.05. The monoisotopic (exact) mass is 371 g/mol. The summed E-state index contributed by atoms with van der Waals surface area (Å²) in [5.74, 6) is 0.518. The van der Waals surface area contributed by atoms with E-state index in [-0.39, 0.29) is 5.91 Å². The number of carbonyl (C=O) groups is 1. The number of amides is 1. The molecule has 0 aliphatic carbocycles. The second-order valence-corrected chi connectivity index (χ2v) is 7.12. The van der Waals surface area contributed by atoms with Gasteiger partial charge < -0.3 is 9.47 Å². The van der Waals surface area contributed by atoms with Crippen molar-refractivity contribution in [3.05, 3.63) is 72.4 Å². The van der Waals surface area contributed by atoms with Crippen LogP contribution in [-0.4, -0.2) is 38.4 Å². The van der Waals surface area contributed by atoms with E-state index in [1.807, 2.05) is 53.8 Å². The summed E-state index contributed by atoms with van der Waals surface area (Å²) in [6.45, 7) is 2.46. The molecule has 1 aliphatic heterocycles. The Bertz CT molecular complexity index is 989. The SMILES string of the molecule is N#Cc1cccc(-c2ccc(C(=O)N3CCC[C@H](Cn4ccnc4)C3)cc2)n1. The van der Waals surface area contributed by atoms with E-state index in [9.17, 15) is 4.79 Å². The normalized spacial score (nSPS) is 16.5. The highest BCUT2D eigenvalue weighted by atomic mass is 16.2. The lowest BCUT2D eigenvalue weighted by atomic mass is 9.97. The molecule has 0 unspecified atom stereocenters. The zero-order chi connectivity index (χ0) is 19.3. The number of nitriles is 1. The number of piperidine rings is 1. The molecule has 0 saturated carbocycles. The van der Waals surface area contributed by atoms with Crippen molar-refractivity contribution < 1.29 is 4.79 Å². The van der Waals surface area contributed by atoms with Crippen LogP contribution in [0.2, 0.25) is 0 Å². The van der Waals surface area contributed by atoms with Crippen LogP contribution < -0.4 is 0 Å². The van der Waals surface area contributed by atoms with Gasteiger partial charge in [-0.25, -0.2) is 9.97 Å². The summed E-state index contributed by atoms with van der Waals surface area (Å²) in [4.78, 5) is 23.3. The van der Waals surface area contributed by atoms with E-state index in [4.69, 9.17) is 5.26 Å². The van der Waals surface area contributed by atoms with Gasteiger partial charge in [-0.2, -0.15) is 5.26 Å². The van der Waals surface area contributed by atoms with E-state index >= 15 is 0 Å². The number of benzene rings is 1. The van der Waals surface area contributed by atoms with Crippen molar-refractivity contribution in [2.45, 2.75) is 19.4 Å². The molecular weight excluding hydrogens is 350 g/mol. The molecule has 2 aromatic heterocycles. The number of hydrogen-bond donors (Lipinski definition) is 0. The molecule has 0 N–H and O–H groups in total. The third-order valence-corrected chi connectivity index (χ3v) is 5.13. The number of hydrogen-bond acceptors (Lipinski definition) is 4. The van der Waals surface area contributed by atoms with Crippen LogP contribution in [0.1, 0.15) is 28.9 Å². The van der Waals surface area contributed by atoms with Crippen molar-refractivity contribution in [3.63, 3.8) is 0 Å². The fourth-order valence-corrected chi connectivity index (χ4v) is 3.72. The van der Waals surface area contributed by atoms with Gasteiger partial charge in [-0.05, 0) is 43.0 Å². The minimum atomic E-state index is 0.0700. The molecule has 140 valence electrons. The van der Waals surface area contributed by atoms with Gasteiger partial charge in [-0.15, -0.1) is 0 Å². The molecular formula is C22H21N5O. The van der Waals surface area contributed by atoms with Gasteiger partial charge in [-0.3, -0.25) is 4.79 Å². The minimum absolute atomic E-state index is 0.0700. The Morgan fingerprint density at radius 2 is 2.07 bits per heavy atom. The average Bonchev–Trinajstić information content (AvgIpc) is 3.26. The molecule has 4 rings (SSSR count). The lowest BCUT2D eigenvalue weighted by Gasteiger charge is -2.33.